The summed E-state index contributed by atoms with van der Waals surface area (Å²) >= 11 is 3.05. The summed E-state index contributed by atoms with van der Waals surface area (Å²) in [5, 5.41) is 16.5. The van der Waals surface area contributed by atoms with Crippen LogP contribution in [0.3, 0.4) is 0 Å². The van der Waals surface area contributed by atoms with E-state index in [-0.39, 0.29) is 10.4 Å². The van der Waals surface area contributed by atoms with Crippen LogP contribution in [0.4, 0.5) is 0 Å². The van der Waals surface area contributed by atoms with Crippen LogP contribution in [0.1, 0.15) is 34.6 Å². The second-order valence-electron chi connectivity index (χ2n) is 3.98. The molecule has 84 valence electrons. The van der Waals surface area contributed by atoms with Crippen molar-refractivity contribution in [3.05, 3.63) is 11.6 Å². The molecule has 0 aliphatic heterocycles. The largest absolute Gasteiger partial charge is 0.478 e. The molecule has 0 aromatic heterocycles. The third kappa shape index (κ3) is 9.74. The van der Waals surface area contributed by atoms with Crippen molar-refractivity contribution >= 4 is 21.9 Å². The highest BCUT2D eigenvalue weighted by Gasteiger charge is 2.17. The molecule has 2 N–H and O–H groups in total. The van der Waals surface area contributed by atoms with Crippen LogP contribution >= 0.6 is 15.9 Å². The van der Waals surface area contributed by atoms with Crippen molar-refractivity contribution in [3.63, 3.8) is 0 Å². The van der Waals surface area contributed by atoms with E-state index in [1.54, 1.807) is 19.9 Å². The number of aliphatic hydroxyl groups excluding tert-OH is 1. The number of hydrogen-bond acceptors (Lipinski definition) is 2. The standard InChI is InChI=1S/C5H11BrO.C5H8O2/c1-5(2,3)4(6)7;1-3-4(2)5(6)7/h4,7H,1-3H3;3H,1-2H3,(H,6,7). The number of alkyl halides is 1. The summed E-state index contributed by atoms with van der Waals surface area (Å²) in [6.07, 6.45) is 1.56. The van der Waals surface area contributed by atoms with Crippen molar-refractivity contribution in [1.82, 2.24) is 0 Å². The summed E-state index contributed by atoms with van der Waals surface area (Å²) in [5.41, 5.74) is 0.361. The van der Waals surface area contributed by atoms with E-state index in [1.165, 1.54) is 0 Å². The van der Waals surface area contributed by atoms with Crippen LogP contribution in [0.15, 0.2) is 11.6 Å². The van der Waals surface area contributed by atoms with Gasteiger partial charge < -0.3 is 10.2 Å². The van der Waals surface area contributed by atoms with Crippen molar-refractivity contribution < 1.29 is 15.0 Å². The molecule has 0 bridgehead atoms. The number of hydrogen-bond donors (Lipinski definition) is 2. The van der Waals surface area contributed by atoms with Crippen molar-refractivity contribution in [2.75, 3.05) is 0 Å². The van der Waals surface area contributed by atoms with Crippen LogP contribution in [0.25, 0.3) is 0 Å². The minimum atomic E-state index is -0.845. The van der Waals surface area contributed by atoms with Crippen molar-refractivity contribution in [1.29, 1.82) is 0 Å². The van der Waals surface area contributed by atoms with Gasteiger partial charge in [-0.1, -0.05) is 42.8 Å². The number of halogens is 1. The minimum Gasteiger partial charge on any atom is -0.478 e. The minimum absolute atomic E-state index is 0.0278. The van der Waals surface area contributed by atoms with Gasteiger partial charge in [0, 0.05) is 5.57 Å². The number of rotatable bonds is 1. The molecule has 14 heavy (non-hydrogen) atoms. The van der Waals surface area contributed by atoms with E-state index in [1.807, 2.05) is 20.8 Å². The van der Waals surface area contributed by atoms with E-state index in [0.29, 0.717) is 5.57 Å². The maximum absolute atomic E-state index is 9.86. The van der Waals surface area contributed by atoms with Crippen LogP contribution < -0.4 is 0 Å². The highest BCUT2D eigenvalue weighted by atomic mass is 79.9. The molecule has 3 nitrogen and oxygen atoms in total. The van der Waals surface area contributed by atoms with Gasteiger partial charge in [-0.05, 0) is 19.3 Å². The predicted molar refractivity (Wildman–Crippen MR) is 61.5 cm³/mol. The monoisotopic (exact) mass is 266 g/mol. The van der Waals surface area contributed by atoms with Crippen LogP contribution in [-0.2, 0) is 4.79 Å². The first-order valence-electron chi connectivity index (χ1n) is 4.31. The van der Waals surface area contributed by atoms with E-state index < -0.39 is 5.97 Å². The summed E-state index contributed by atoms with van der Waals surface area (Å²) in [6.45, 7) is 9.15. The van der Waals surface area contributed by atoms with Gasteiger partial charge >= 0.3 is 5.97 Å². The van der Waals surface area contributed by atoms with Crippen molar-refractivity contribution in [2.45, 2.75) is 39.6 Å². The lowest BCUT2D eigenvalue weighted by Gasteiger charge is -2.19. The smallest absolute Gasteiger partial charge is 0.330 e. The third-order valence-corrected chi connectivity index (χ3v) is 2.86. The first-order chi connectivity index (χ1) is 6.12. The molecule has 0 rings (SSSR count). The van der Waals surface area contributed by atoms with Gasteiger partial charge in [-0.3, -0.25) is 0 Å². The van der Waals surface area contributed by atoms with Gasteiger partial charge in [-0.15, -0.1) is 0 Å². The third-order valence-electron chi connectivity index (χ3n) is 1.48. The summed E-state index contributed by atoms with van der Waals surface area (Å²) in [5.74, 6) is -0.845. The van der Waals surface area contributed by atoms with Gasteiger partial charge in [0.15, 0.2) is 0 Å². The van der Waals surface area contributed by atoms with E-state index >= 15 is 0 Å². The lowest BCUT2D eigenvalue weighted by Crippen LogP contribution is -2.18. The van der Waals surface area contributed by atoms with Crippen LogP contribution in [-0.4, -0.2) is 21.2 Å². The fraction of sp³-hybridized carbons (Fsp3) is 0.700. The maximum atomic E-state index is 9.86. The molecule has 0 radical (unpaired) electrons. The SMILES string of the molecule is CC(C)(C)C(O)Br.CC=C(C)C(=O)O. The van der Waals surface area contributed by atoms with Gasteiger partial charge in [0.2, 0.25) is 0 Å². The molecule has 1 unspecified atom stereocenters. The van der Waals surface area contributed by atoms with Crippen LogP contribution in [0, 0.1) is 5.41 Å². The number of allylic oxidation sites excluding steroid dienone is 1. The molecule has 1 atom stereocenters. The van der Waals surface area contributed by atoms with Gasteiger partial charge in [0.1, 0.15) is 5.01 Å². The zero-order valence-corrected chi connectivity index (χ0v) is 10.9. The quantitative estimate of drug-likeness (QED) is 0.567. The maximum Gasteiger partial charge on any atom is 0.330 e. The van der Waals surface area contributed by atoms with E-state index in [0.717, 1.165) is 0 Å². The first-order valence-corrected chi connectivity index (χ1v) is 5.22. The molecule has 0 fully saturated rings. The van der Waals surface area contributed by atoms with E-state index in [4.69, 9.17) is 10.2 Å². The number of aliphatic hydroxyl groups is 1. The zero-order chi connectivity index (χ0) is 11.9. The van der Waals surface area contributed by atoms with Gasteiger partial charge in [-0.25, -0.2) is 4.79 Å². The van der Waals surface area contributed by atoms with Gasteiger partial charge in [-0.2, -0.15) is 0 Å². The van der Waals surface area contributed by atoms with Gasteiger partial charge in [0.05, 0.1) is 0 Å². The number of aliphatic carboxylic acids is 1. The van der Waals surface area contributed by atoms with E-state index in [9.17, 15) is 4.79 Å². The predicted octanol–water partition coefficient (Wildman–Crippen LogP) is 2.78. The summed E-state index contributed by atoms with van der Waals surface area (Å²) < 4.78 is 0. The molecular weight excluding hydrogens is 248 g/mol. The summed E-state index contributed by atoms with van der Waals surface area (Å²) in [6, 6.07) is 0. The first kappa shape index (κ1) is 16.1. The average molecular weight is 267 g/mol. The summed E-state index contributed by atoms with van der Waals surface area (Å²) in [4.78, 5) is 9.86. The van der Waals surface area contributed by atoms with Crippen molar-refractivity contribution in [3.8, 4) is 0 Å². The average Bonchev–Trinajstić information content (AvgIpc) is 2.02. The second-order valence-corrected chi connectivity index (χ2v) is 4.85. The molecular formula is C10H19BrO3. The molecule has 0 heterocycles. The fourth-order valence-electron chi connectivity index (χ4n) is 0.123. The number of carboxylic acids is 1. The Morgan fingerprint density at radius 1 is 1.43 bits per heavy atom. The van der Waals surface area contributed by atoms with Crippen LogP contribution in [0.2, 0.25) is 0 Å². The molecule has 0 spiro atoms. The lowest BCUT2D eigenvalue weighted by molar-refractivity contribution is -0.132. The molecule has 0 aliphatic rings. The second kappa shape index (κ2) is 7.01. The Bertz CT molecular complexity index is 202. The zero-order valence-electron chi connectivity index (χ0n) is 9.34. The number of carboxylic acid groups (broad SMARTS) is 1. The molecule has 0 saturated heterocycles. The molecule has 0 aromatic carbocycles. The van der Waals surface area contributed by atoms with Crippen molar-refractivity contribution in [2.24, 2.45) is 5.41 Å². The van der Waals surface area contributed by atoms with Gasteiger partial charge in [0.25, 0.3) is 0 Å². The number of carbonyl (C=O) groups is 1. The Hall–Kier alpha value is -0.350. The topological polar surface area (TPSA) is 57.5 Å². The van der Waals surface area contributed by atoms with Crippen LogP contribution in [0.5, 0.6) is 0 Å². The molecule has 0 aliphatic carbocycles. The molecule has 4 heteroatoms. The fourth-order valence-corrected chi connectivity index (χ4v) is 0.123. The normalized spacial score (nSPS) is 14.1. The Morgan fingerprint density at radius 3 is 1.71 bits per heavy atom. The lowest BCUT2D eigenvalue weighted by atomic mass is 9.99. The highest BCUT2D eigenvalue weighted by molar-refractivity contribution is 9.09. The molecule has 0 aromatic rings. The highest BCUT2D eigenvalue weighted by Crippen LogP contribution is 2.22. The molecule has 0 saturated carbocycles. The Morgan fingerprint density at radius 2 is 1.71 bits per heavy atom. The Kier molecular flexibility index (Phi) is 8.06. The Labute approximate surface area is 94.0 Å². The summed E-state index contributed by atoms with van der Waals surface area (Å²) in [7, 11) is 0. The molecule has 0 amide bonds. The van der Waals surface area contributed by atoms with E-state index in [2.05, 4.69) is 15.9 Å². The Balaban J connectivity index is 0.